The average molecular weight is 340 g/mol. The molecule has 4 heterocycles. The number of carbonyl (C=O) groups is 1. The van der Waals surface area contributed by atoms with Crippen molar-refractivity contribution < 1.29 is 4.79 Å². The summed E-state index contributed by atoms with van der Waals surface area (Å²) < 4.78 is 2.29. The van der Waals surface area contributed by atoms with Crippen LogP contribution in [-0.4, -0.2) is 74.9 Å². The number of pyridine rings is 1. The van der Waals surface area contributed by atoms with E-state index in [4.69, 9.17) is 0 Å². The third-order valence-corrected chi connectivity index (χ3v) is 5.14. The highest BCUT2D eigenvalue weighted by Gasteiger charge is 2.25. The van der Waals surface area contributed by atoms with Crippen LogP contribution in [0.3, 0.4) is 0 Å². The second kappa shape index (κ2) is 6.93. The van der Waals surface area contributed by atoms with Crippen molar-refractivity contribution in [1.29, 1.82) is 0 Å². The van der Waals surface area contributed by atoms with Crippen LogP contribution in [0, 0.1) is 0 Å². The second-order valence-electron chi connectivity index (χ2n) is 6.86. The highest BCUT2D eigenvalue weighted by molar-refractivity contribution is 5.94. The van der Waals surface area contributed by atoms with Crippen molar-refractivity contribution in [1.82, 2.24) is 29.2 Å². The zero-order chi connectivity index (χ0) is 17.2. The normalized spacial score (nSPS) is 19.0. The van der Waals surface area contributed by atoms with Crippen molar-refractivity contribution in [3.8, 4) is 0 Å². The number of likely N-dealkylation sites (N-methyl/N-ethyl adjacent to an activating group) is 1. The molecule has 0 saturated carbocycles. The molecule has 2 aromatic heterocycles. The predicted molar refractivity (Wildman–Crippen MR) is 94.0 cm³/mol. The summed E-state index contributed by atoms with van der Waals surface area (Å²) in [6.07, 6.45) is 5.30. The van der Waals surface area contributed by atoms with Gasteiger partial charge in [-0.05, 0) is 19.2 Å². The van der Waals surface area contributed by atoms with Gasteiger partial charge in [0.2, 0.25) is 0 Å². The Morgan fingerprint density at radius 1 is 1.08 bits per heavy atom. The molecule has 0 bridgehead atoms. The Balaban J connectivity index is 1.43. The molecule has 132 valence electrons. The zero-order valence-electron chi connectivity index (χ0n) is 14.6. The molecule has 2 aromatic rings. The maximum Gasteiger partial charge on any atom is 0.254 e. The van der Waals surface area contributed by atoms with Crippen molar-refractivity contribution in [2.75, 3.05) is 39.8 Å². The van der Waals surface area contributed by atoms with E-state index >= 15 is 0 Å². The van der Waals surface area contributed by atoms with E-state index in [0.29, 0.717) is 12.1 Å². The van der Waals surface area contributed by atoms with Crippen LogP contribution in [0.5, 0.6) is 0 Å². The summed E-state index contributed by atoms with van der Waals surface area (Å²) in [6.45, 7) is 7.50. The molecule has 0 unspecified atom stereocenters. The summed E-state index contributed by atoms with van der Waals surface area (Å²) in [5, 5.41) is 0. The molecule has 2 aliphatic rings. The number of hydrogen-bond donors (Lipinski definition) is 0. The van der Waals surface area contributed by atoms with Crippen LogP contribution in [0.1, 0.15) is 21.9 Å². The molecule has 0 aromatic carbocycles. The van der Waals surface area contributed by atoms with Gasteiger partial charge < -0.3 is 14.4 Å². The molecule has 7 nitrogen and oxygen atoms in total. The molecule has 0 aliphatic carbocycles. The largest absolute Gasteiger partial charge is 0.329 e. The summed E-state index contributed by atoms with van der Waals surface area (Å²) in [7, 11) is 2.17. The lowest BCUT2D eigenvalue weighted by Gasteiger charge is -2.33. The Hall–Kier alpha value is -2.25. The van der Waals surface area contributed by atoms with Crippen LogP contribution in [0.15, 0.2) is 30.7 Å². The molecule has 4 rings (SSSR count). The molecule has 25 heavy (non-hydrogen) atoms. The standard InChI is InChI=1S/C18H24N6O/c1-21-6-8-22(9-7-21)13-16-12-20-17-14-23(10-11-24(16)17)18(25)15-2-4-19-5-3-15/h2-5,12H,6-11,13-14H2,1H3. The smallest absolute Gasteiger partial charge is 0.254 e. The molecular weight excluding hydrogens is 316 g/mol. The number of rotatable bonds is 3. The molecule has 1 fully saturated rings. The Morgan fingerprint density at radius 3 is 2.60 bits per heavy atom. The van der Waals surface area contributed by atoms with E-state index in [0.717, 1.165) is 51.6 Å². The van der Waals surface area contributed by atoms with E-state index < -0.39 is 0 Å². The van der Waals surface area contributed by atoms with Gasteiger partial charge in [-0.2, -0.15) is 0 Å². The first kappa shape index (κ1) is 16.2. The van der Waals surface area contributed by atoms with Gasteiger partial charge in [-0.1, -0.05) is 0 Å². The van der Waals surface area contributed by atoms with E-state index in [2.05, 4.69) is 31.4 Å². The minimum absolute atomic E-state index is 0.0530. The molecule has 0 atom stereocenters. The molecule has 1 amide bonds. The molecular formula is C18H24N6O. The van der Waals surface area contributed by atoms with Crippen LogP contribution in [-0.2, 0) is 19.6 Å². The topological polar surface area (TPSA) is 57.5 Å². The van der Waals surface area contributed by atoms with Gasteiger partial charge in [0.05, 0.1) is 12.2 Å². The van der Waals surface area contributed by atoms with E-state index in [1.807, 2.05) is 11.1 Å². The van der Waals surface area contributed by atoms with Crippen molar-refractivity contribution in [3.63, 3.8) is 0 Å². The Kier molecular flexibility index (Phi) is 4.50. The van der Waals surface area contributed by atoms with Gasteiger partial charge in [-0.25, -0.2) is 4.98 Å². The third kappa shape index (κ3) is 3.43. The lowest BCUT2D eigenvalue weighted by molar-refractivity contribution is 0.0704. The van der Waals surface area contributed by atoms with Gasteiger partial charge in [0.1, 0.15) is 5.82 Å². The van der Waals surface area contributed by atoms with Crippen molar-refractivity contribution in [2.45, 2.75) is 19.6 Å². The van der Waals surface area contributed by atoms with Crippen molar-refractivity contribution in [3.05, 3.63) is 47.8 Å². The fourth-order valence-electron chi connectivity index (χ4n) is 3.54. The molecule has 0 N–H and O–H groups in total. The summed E-state index contributed by atoms with van der Waals surface area (Å²) in [6, 6.07) is 3.53. The van der Waals surface area contributed by atoms with E-state index in [1.54, 1.807) is 24.5 Å². The van der Waals surface area contributed by atoms with Crippen LogP contribution in [0.4, 0.5) is 0 Å². The monoisotopic (exact) mass is 340 g/mol. The molecule has 0 spiro atoms. The Labute approximate surface area is 147 Å². The molecule has 1 saturated heterocycles. The highest BCUT2D eigenvalue weighted by Crippen LogP contribution is 2.18. The lowest BCUT2D eigenvalue weighted by Crippen LogP contribution is -2.44. The van der Waals surface area contributed by atoms with Gasteiger partial charge in [-0.3, -0.25) is 14.7 Å². The molecule has 2 aliphatic heterocycles. The second-order valence-corrected chi connectivity index (χ2v) is 6.86. The highest BCUT2D eigenvalue weighted by atomic mass is 16.2. The Bertz CT molecular complexity index is 735. The average Bonchev–Trinajstić information content (AvgIpc) is 3.06. The fourth-order valence-corrected chi connectivity index (χ4v) is 3.54. The molecule has 0 radical (unpaired) electrons. The van der Waals surface area contributed by atoms with Gasteiger partial charge in [0, 0.05) is 70.0 Å². The summed E-state index contributed by atoms with van der Waals surface area (Å²) in [4.78, 5) is 27.9. The number of piperazine rings is 1. The van der Waals surface area contributed by atoms with Gasteiger partial charge in [-0.15, -0.1) is 0 Å². The minimum atomic E-state index is 0.0530. The van der Waals surface area contributed by atoms with Crippen LogP contribution in [0.2, 0.25) is 0 Å². The van der Waals surface area contributed by atoms with Gasteiger partial charge in [0.15, 0.2) is 0 Å². The maximum absolute atomic E-state index is 12.6. The summed E-state index contributed by atoms with van der Waals surface area (Å²) >= 11 is 0. The van der Waals surface area contributed by atoms with Crippen molar-refractivity contribution in [2.24, 2.45) is 0 Å². The zero-order valence-corrected chi connectivity index (χ0v) is 14.6. The van der Waals surface area contributed by atoms with Crippen molar-refractivity contribution >= 4 is 5.91 Å². The van der Waals surface area contributed by atoms with E-state index in [-0.39, 0.29) is 5.91 Å². The van der Waals surface area contributed by atoms with Crippen LogP contribution in [0.25, 0.3) is 0 Å². The first-order valence-corrected chi connectivity index (χ1v) is 8.84. The van der Waals surface area contributed by atoms with E-state index in [9.17, 15) is 4.79 Å². The van der Waals surface area contributed by atoms with Gasteiger partial charge in [0.25, 0.3) is 5.91 Å². The maximum atomic E-state index is 12.6. The predicted octanol–water partition coefficient (Wildman–Crippen LogP) is 0.681. The first-order chi connectivity index (χ1) is 12.2. The Morgan fingerprint density at radius 2 is 1.84 bits per heavy atom. The van der Waals surface area contributed by atoms with Crippen LogP contribution < -0.4 is 0 Å². The lowest BCUT2D eigenvalue weighted by atomic mass is 10.2. The SMILES string of the molecule is CN1CCN(Cc2cnc3n2CCN(C(=O)c2ccncc2)C3)CC1. The van der Waals surface area contributed by atoms with Crippen LogP contribution >= 0.6 is 0 Å². The first-order valence-electron chi connectivity index (χ1n) is 8.84. The number of amides is 1. The van der Waals surface area contributed by atoms with Gasteiger partial charge >= 0.3 is 0 Å². The number of carbonyl (C=O) groups excluding carboxylic acids is 1. The number of imidazole rings is 1. The van der Waals surface area contributed by atoms with E-state index in [1.165, 1.54) is 5.69 Å². The number of nitrogens with zero attached hydrogens (tertiary/aromatic N) is 6. The number of hydrogen-bond acceptors (Lipinski definition) is 5. The quantitative estimate of drug-likeness (QED) is 0.822. The minimum Gasteiger partial charge on any atom is -0.329 e. The fraction of sp³-hybridized carbons (Fsp3) is 0.500. The third-order valence-electron chi connectivity index (χ3n) is 5.14. The number of aromatic nitrogens is 3. The molecule has 7 heteroatoms. The summed E-state index contributed by atoms with van der Waals surface area (Å²) in [5.74, 6) is 1.04. The summed E-state index contributed by atoms with van der Waals surface area (Å²) in [5.41, 5.74) is 1.95. The number of fused-ring (bicyclic) bond motifs is 1.